The first kappa shape index (κ1) is 32.7. The van der Waals surface area contributed by atoms with Gasteiger partial charge in [0.05, 0.1) is 20.6 Å². The predicted molar refractivity (Wildman–Crippen MR) is 166 cm³/mol. The Morgan fingerprint density at radius 1 is 0.902 bits per heavy atom. The molecule has 0 saturated carbocycles. The van der Waals surface area contributed by atoms with Crippen LogP contribution < -0.4 is 9.62 Å². The van der Waals surface area contributed by atoms with E-state index in [1.165, 1.54) is 17.0 Å². The minimum atomic E-state index is -4.19. The van der Waals surface area contributed by atoms with Gasteiger partial charge in [-0.05, 0) is 67.3 Å². The Hall–Kier alpha value is -2.78. The van der Waals surface area contributed by atoms with E-state index in [0.29, 0.717) is 39.2 Å². The quantitative estimate of drug-likeness (QED) is 0.207. The van der Waals surface area contributed by atoms with Gasteiger partial charge in [-0.3, -0.25) is 13.9 Å². The topological polar surface area (TPSA) is 86.8 Å². The SMILES string of the molecule is CCCCNC(=O)[C@@H](CC)N(Cc1ccc(Cl)c(Cl)c1)C(=O)CN(c1cccc(Cl)c1C)S(=O)(=O)c1ccccc1. The van der Waals surface area contributed by atoms with Crippen LogP contribution in [0.3, 0.4) is 0 Å². The number of hydrogen-bond donors (Lipinski definition) is 1. The summed E-state index contributed by atoms with van der Waals surface area (Å²) in [6, 6.07) is 16.9. The molecule has 0 aliphatic heterocycles. The van der Waals surface area contributed by atoms with Crippen LogP contribution in [0.2, 0.25) is 15.1 Å². The van der Waals surface area contributed by atoms with E-state index < -0.39 is 28.5 Å². The van der Waals surface area contributed by atoms with E-state index in [1.54, 1.807) is 68.4 Å². The summed E-state index contributed by atoms with van der Waals surface area (Å²) in [5, 5.41) is 3.92. The lowest BCUT2D eigenvalue weighted by Gasteiger charge is -2.33. The second kappa shape index (κ2) is 14.9. The van der Waals surface area contributed by atoms with Crippen molar-refractivity contribution >= 4 is 62.3 Å². The third kappa shape index (κ3) is 8.16. The van der Waals surface area contributed by atoms with Crippen molar-refractivity contribution in [1.82, 2.24) is 10.2 Å². The molecule has 1 N–H and O–H groups in total. The zero-order valence-electron chi connectivity index (χ0n) is 23.2. The summed E-state index contributed by atoms with van der Waals surface area (Å²) in [5.41, 5.74) is 1.41. The lowest BCUT2D eigenvalue weighted by Crippen LogP contribution is -2.52. The van der Waals surface area contributed by atoms with Crippen molar-refractivity contribution < 1.29 is 18.0 Å². The maximum Gasteiger partial charge on any atom is 0.264 e. The number of hydrogen-bond acceptors (Lipinski definition) is 4. The summed E-state index contributed by atoms with van der Waals surface area (Å²) in [6.07, 6.45) is 2.00. The third-order valence-electron chi connectivity index (χ3n) is 6.67. The number of nitrogens with zero attached hydrogens (tertiary/aromatic N) is 2. The highest BCUT2D eigenvalue weighted by Crippen LogP contribution is 2.31. The average molecular weight is 639 g/mol. The van der Waals surface area contributed by atoms with Gasteiger partial charge >= 0.3 is 0 Å². The van der Waals surface area contributed by atoms with Crippen molar-refractivity contribution in [2.75, 3.05) is 17.4 Å². The molecule has 3 aromatic carbocycles. The smallest absolute Gasteiger partial charge is 0.264 e. The Balaban J connectivity index is 2.08. The number of sulfonamides is 1. The van der Waals surface area contributed by atoms with Crippen LogP contribution in [-0.2, 0) is 26.2 Å². The van der Waals surface area contributed by atoms with E-state index in [0.717, 1.165) is 17.1 Å². The number of carbonyl (C=O) groups excluding carboxylic acids is 2. The molecular formula is C30H34Cl3N3O4S. The normalized spacial score (nSPS) is 12.0. The maximum absolute atomic E-state index is 14.1. The molecule has 0 radical (unpaired) electrons. The predicted octanol–water partition coefficient (Wildman–Crippen LogP) is 6.87. The van der Waals surface area contributed by atoms with Gasteiger partial charge in [0.2, 0.25) is 11.8 Å². The largest absolute Gasteiger partial charge is 0.354 e. The first-order valence-electron chi connectivity index (χ1n) is 13.3. The second-order valence-electron chi connectivity index (χ2n) is 9.55. The molecule has 0 saturated heterocycles. The van der Waals surface area contributed by atoms with Crippen LogP contribution in [0.1, 0.15) is 44.2 Å². The van der Waals surface area contributed by atoms with Gasteiger partial charge in [0.15, 0.2) is 0 Å². The van der Waals surface area contributed by atoms with Gasteiger partial charge in [-0.25, -0.2) is 8.42 Å². The molecule has 220 valence electrons. The molecular weight excluding hydrogens is 605 g/mol. The van der Waals surface area contributed by atoms with Crippen LogP contribution in [0.5, 0.6) is 0 Å². The highest BCUT2D eigenvalue weighted by molar-refractivity contribution is 7.92. The highest BCUT2D eigenvalue weighted by atomic mass is 35.5. The number of carbonyl (C=O) groups is 2. The van der Waals surface area contributed by atoms with E-state index >= 15 is 0 Å². The summed E-state index contributed by atoms with van der Waals surface area (Å²) in [4.78, 5) is 28.8. The first-order chi connectivity index (χ1) is 19.5. The van der Waals surface area contributed by atoms with Crippen LogP contribution in [0, 0.1) is 6.92 Å². The van der Waals surface area contributed by atoms with Crippen LogP contribution >= 0.6 is 34.8 Å². The van der Waals surface area contributed by atoms with Crippen molar-refractivity contribution in [2.24, 2.45) is 0 Å². The molecule has 11 heteroatoms. The molecule has 0 aromatic heterocycles. The number of nitrogens with one attached hydrogen (secondary N) is 1. The van der Waals surface area contributed by atoms with E-state index in [-0.39, 0.29) is 23.0 Å². The Morgan fingerprint density at radius 3 is 2.24 bits per heavy atom. The number of halogens is 3. The second-order valence-corrected chi connectivity index (χ2v) is 12.6. The molecule has 0 bridgehead atoms. The van der Waals surface area contributed by atoms with E-state index in [4.69, 9.17) is 34.8 Å². The van der Waals surface area contributed by atoms with Crippen LogP contribution in [0.4, 0.5) is 5.69 Å². The summed E-state index contributed by atoms with van der Waals surface area (Å²) < 4.78 is 28.9. The summed E-state index contributed by atoms with van der Waals surface area (Å²) in [5.74, 6) is -0.877. The Bertz CT molecular complexity index is 1470. The molecule has 41 heavy (non-hydrogen) atoms. The monoisotopic (exact) mass is 637 g/mol. The zero-order chi connectivity index (χ0) is 30.2. The number of rotatable bonds is 13. The first-order valence-corrected chi connectivity index (χ1v) is 15.9. The fourth-order valence-electron chi connectivity index (χ4n) is 4.36. The molecule has 2 amide bonds. The van der Waals surface area contributed by atoms with E-state index in [1.807, 2.05) is 6.92 Å². The van der Waals surface area contributed by atoms with E-state index in [2.05, 4.69) is 5.32 Å². The van der Waals surface area contributed by atoms with Gasteiger partial charge < -0.3 is 10.2 Å². The Morgan fingerprint density at radius 2 is 1.61 bits per heavy atom. The van der Waals surface area contributed by atoms with Gasteiger partial charge in [0.25, 0.3) is 10.0 Å². The van der Waals surface area contributed by atoms with Gasteiger partial charge in [-0.15, -0.1) is 0 Å². The molecule has 3 rings (SSSR count). The molecule has 3 aromatic rings. The fraction of sp³-hybridized carbons (Fsp3) is 0.333. The van der Waals surface area contributed by atoms with Crippen LogP contribution in [0.25, 0.3) is 0 Å². The van der Waals surface area contributed by atoms with Crippen LogP contribution in [0.15, 0.2) is 71.6 Å². The van der Waals surface area contributed by atoms with Gasteiger partial charge in [-0.2, -0.15) is 0 Å². The molecule has 0 aliphatic carbocycles. The third-order valence-corrected chi connectivity index (χ3v) is 9.59. The van der Waals surface area contributed by atoms with Crippen molar-refractivity contribution in [3.8, 4) is 0 Å². The number of amides is 2. The minimum Gasteiger partial charge on any atom is -0.354 e. The summed E-state index contributed by atoms with van der Waals surface area (Å²) in [6.45, 7) is 5.44. The lowest BCUT2D eigenvalue weighted by atomic mass is 10.1. The van der Waals surface area contributed by atoms with Gasteiger partial charge in [0.1, 0.15) is 12.6 Å². The van der Waals surface area contributed by atoms with Crippen molar-refractivity contribution in [3.63, 3.8) is 0 Å². The standard InChI is InChI=1S/C30H34Cl3N3O4S/c1-4-6-17-34-30(38)27(5-2)35(19-22-15-16-25(32)26(33)18-22)29(37)20-36(28-14-10-13-24(31)21(28)3)41(39,40)23-11-8-7-9-12-23/h7-16,18,27H,4-6,17,19-20H2,1-3H3,(H,34,38)/t27-/m1/s1. The minimum absolute atomic E-state index is 0.0170. The lowest BCUT2D eigenvalue weighted by molar-refractivity contribution is -0.140. The zero-order valence-corrected chi connectivity index (χ0v) is 26.3. The highest BCUT2D eigenvalue weighted by Gasteiger charge is 2.34. The van der Waals surface area contributed by atoms with Crippen LogP contribution in [-0.4, -0.2) is 44.3 Å². The molecule has 0 spiro atoms. The maximum atomic E-state index is 14.1. The van der Waals surface area contributed by atoms with Gasteiger partial charge in [-0.1, -0.05) is 85.4 Å². The molecule has 0 heterocycles. The molecule has 1 atom stereocenters. The molecule has 7 nitrogen and oxygen atoms in total. The number of benzene rings is 3. The molecule has 0 aliphatic rings. The Kier molecular flexibility index (Phi) is 11.9. The Labute approximate surface area is 257 Å². The van der Waals surface area contributed by atoms with Gasteiger partial charge in [0, 0.05) is 18.1 Å². The number of unbranched alkanes of at least 4 members (excludes halogenated alkanes) is 1. The summed E-state index contributed by atoms with van der Waals surface area (Å²) in [7, 11) is -4.19. The fourth-order valence-corrected chi connectivity index (χ4v) is 6.34. The van der Waals surface area contributed by atoms with E-state index in [9.17, 15) is 18.0 Å². The summed E-state index contributed by atoms with van der Waals surface area (Å²) >= 11 is 18.7. The number of anilines is 1. The molecule has 0 fully saturated rings. The molecule has 0 unspecified atom stereocenters. The van der Waals surface area contributed by atoms with Crippen molar-refractivity contribution in [3.05, 3.63) is 92.9 Å². The average Bonchev–Trinajstić information content (AvgIpc) is 2.95. The van der Waals surface area contributed by atoms with Crippen molar-refractivity contribution in [1.29, 1.82) is 0 Å². The van der Waals surface area contributed by atoms with Crippen molar-refractivity contribution in [2.45, 2.75) is 57.5 Å².